The third-order valence-corrected chi connectivity index (χ3v) is 4.19. The van der Waals surface area contributed by atoms with Crippen molar-refractivity contribution in [3.05, 3.63) is 0 Å². The average molecular weight is 297 g/mol. The topological polar surface area (TPSA) is 53.1 Å². The molecule has 0 N–H and O–H groups in total. The largest absolute Gasteiger partial charge is 0.465 e. The van der Waals surface area contributed by atoms with Gasteiger partial charge in [0, 0.05) is 39.3 Å². The molecule has 0 saturated carbocycles. The van der Waals surface area contributed by atoms with Crippen molar-refractivity contribution in [2.45, 2.75) is 26.2 Å². The normalized spacial score (nSPS) is 21.3. The van der Waals surface area contributed by atoms with E-state index in [1.54, 1.807) is 0 Å². The lowest BCUT2D eigenvalue weighted by molar-refractivity contribution is -0.145. The number of esters is 1. The molecule has 2 aliphatic rings. The predicted molar refractivity (Wildman–Crippen MR) is 79.9 cm³/mol. The Kier molecular flexibility index (Phi) is 6.45. The van der Waals surface area contributed by atoms with Crippen molar-refractivity contribution in [2.75, 3.05) is 59.0 Å². The lowest BCUT2D eigenvalue weighted by Gasteiger charge is -2.35. The smallest absolute Gasteiger partial charge is 0.320 e. The molecule has 2 rings (SSSR count). The van der Waals surface area contributed by atoms with Crippen LogP contribution in [0, 0.1) is 0 Å². The lowest BCUT2D eigenvalue weighted by atomic mass is 10.1. The van der Waals surface area contributed by atoms with Crippen molar-refractivity contribution in [3.8, 4) is 0 Å². The lowest BCUT2D eigenvalue weighted by Crippen LogP contribution is -2.51. The zero-order valence-corrected chi connectivity index (χ0v) is 13.1. The van der Waals surface area contributed by atoms with Crippen LogP contribution in [0.15, 0.2) is 0 Å². The van der Waals surface area contributed by atoms with Gasteiger partial charge in [-0.15, -0.1) is 0 Å². The van der Waals surface area contributed by atoms with Crippen LogP contribution in [0.2, 0.25) is 0 Å². The Bertz CT molecular complexity index is 348. The van der Waals surface area contributed by atoms with Gasteiger partial charge in [-0.2, -0.15) is 0 Å². The number of carbonyl (C=O) groups is 2. The third-order valence-electron chi connectivity index (χ3n) is 4.19. The number of hydrogen-bond acceptors (Lipinski definition) is 5. The molecule has 2 saturated heterocycles. The van der Waals surface area contributed by atoms with Gasteiger partial charge < -0.3 is 9.64 Å². The molecule has 0 radical (unpaired) electrons. The zero-order chi connectivity index (χ0) is 15.1. The molecule has 0 spiro atoms. The third kappa shape index (κ3) is 5.28. The van der Waals surface area contributed by atoms with Crippen LogP contribution < -0.4 is 0 Å². The van der Waals surface area contributed by atoms with Crippen LogP contribution >= 0.6 is 0 Å². The molecule has 120 valence electrons. The molecule has 0 aromatic carbocycles. The summed E-state index contributed by atoms with van der Waals surface area (Å²) in [5, 5.41) is 0. The number of carbonyl (C=O) groups excluding carboxylic acids is 2. The minimum atomic E-state index is -0.157. The molecule has 0 aliphatic carbocycles. The van der Waals surface area contributed by atoms with Gasteiger partial charge in [0.25, 0.3) is 0 Å². The molecule has 0 atom stereocenters. The fourth-order valence-electron chi connectivity index (χ4n) is 2.93. The van der Waals surface area contributed by atoms with Gasteiger partial charge in [-0.1, -0.05) is 0 Å². The second kappa shape index (κ2) is 8.34. The van der Waals surface area contributed by atoms with E-state index >= 15 is 0 Å². The predicted octanol–water partition coefficient (Wildman–Crippen LogP) is 0.180. The van der Waals surface area contributed by atoms with E-state index in [0.717, 1.165) is 52.1 Å². The highest BCUT2D eigenvalue weighted by atomic mass is 16.5. The molecular weight excluding hydrogens is 270 g/mol. The van der Waals surface area contributed by atoms with E-state index in [9.17, 15) is 9.59 Å². The van der Waals surface area contributed by atoms with Crippen molar-refractivity contribution < 1.29 is 14.3 Å². The standard InChI is InChI=1S/C15H27N3O3/c1-2-21-15(20)13-17-10-8-16(9-11-17)12-14(19)18-6-4-3-5-7-18/h2-13H2,1H3. The van der Waals surface area contributed by atoms with Crippen molar-refractivity contribution >= 4 is 11.9 Å². The molecule has 6 nitrogen and oxygen atoms in total. The summed E-state index contributed by atoms with van der Waals surface area (Å²) in [6.45, 7) is 8.32. The van der Waals surface area contributed by atoms with Gasteiger partial charge in [0.05, 0.1) is 19.7 Å². The molecule has 0 aromatic rings. The van der Waals surface area contributed by atoms with Crippen LogP contribution in [0.5, 0.6) is 0 Å². The Hall–Kier alpha value is -1.14. The number of likely N-dealkylation sites (tertiary alicyclic amines) is 1. The number of piperidine rings is 1. The number of hydrogen-bond donors (Lipinski definition) is 0. The summed E-state index contributed by atoms with van der Waals surface area (Å²) >= 11 is 0. The minimum absolute atomic E-state index is 0.157. The minimum Gasteiger partial charge on any atom is -0.465 e. The quantitative estimate of drug-likeness (QED) is 0.678. The van der Waals surface area contributed by atoms with E-state index < -0.39 is 0 Å². The summed E-state index contributed by atoms with van der Waals surface area (Å²) in [6.07, 6.45) is 3.52. The van der Waals surface area contributed by atoms with Gasteiger partial charge in [-0.05, 0) is 26.2 Å². The number of nitrogens with zero attached hydrogens (tertiary/aromatic N) is 3. The van der Waals surface area contributed by atoms with Gasteiger partial charge in [0.1, 0.15) is 0 Å². The van der Waals surface area contributed by atoms with Gasteiger partial charge in [-0.25, -0.2) is 0 Å². The molecule has 0 unspecified atom stereocenters. The van der Waals surface area contributed by atoms with Crippen LogP contribution in [-0.2, 0) is 14.3 Å². The SMILES string of the molecule is CCOC(=O)CN1CCN(CC(=O)N2CCCCC2)CC1. The molecule has 2 heterocycles. The Labute approximate surface area is 127 Å². The highest BCUT2D eigenvalue weighted by Gasteiger charge is 2.23. The van der Waals surface area contributed by atoms with Crippen LogP contribution in [-0.4, -0.2) is 85.5 Å². The monoisotopic (exact) mass is 297 g/mol. The molecule has 6 heteroatoms. The van der Waals surface area contributed by atoms with Crippen molar-refractivity contribution in [1.82, 2.24) is 14.7 Å². The van der Waals surface area contributed by atoms with Gasteiger partial charge in [0.15, 0.2) is 0 Å². The zero-order valence-electron chi connectivity index (χ0n) is 13.1. The van der Waals surface area contributed by atoms with Crippen LogP contribution in [0.25, 0.3) is 0 Å². The average Bonchev–Trinajstić information content (AvgIpc) is 2.50. The summed E-state index contributed by atoms with van der Waals surface area (Å²) in [6, 6.07) is 0. The molecular formula is C15H27N3O3. The summed E-state index contributed by atoms with van der Waals surface area (Å²) in [5.74, 6) is 0.101. The first-order valence-corrected chi connectivity index (χ1v) is 8.07. The fraction of sp³-hybridized carbons (Fsp3) is 0.867. The highest BCUT2D eigenvalue weighted by Crippen LogP contribution is 2.10. The second-order valence-corrected chi connectivity index (χ2v) is 5.80. The number of ether oxygens (including phenoxy) is 1. The molecule has 2 fully saturated rings. The Morgan fingerprint density at radius 1 is 0.857 bits per heavy atom. The maximum Gasteiger partial charge on any atom is 0.320 e. The molecule has 0 bridgehead atoms. The van der Waals surface area contributed by atoms with Crippen molar-refractivity contribution in [2.24, 2.45) is 0 Å². The van der Waals surface area contributed by atoms with E-state index in [1.165, 1.54) is 6.42 Å². The summed E-state index contributed by atoms with van der Waals surface area (Å²) in [4.78, 5) is 29.9. The molecule has 1 amide bonds. The fourth-order valence-corrected chi connectivity index (χ4v) is 2.93. The van der Waals surface area contributed by atoms with Crippen molar-refractivity contribution in [1.29, 1.82) is 0 Å². The first-order valence-electron chi connectivity index (χ1n) is 8.07. The van der Waals surface area contributed by atoms with Crippen LogP contribution in [0.4, 0.5) is 0 Å². The highest BCUT2D eigenvalue weighted by molar-refractivity contribution is 5.78. The number of amides is 1. The summed E-state index contributed by atoms with van der Waals surface area (Å²) in [7, 11) is 0. The first kappa shape index (κ1) is 16.2. The van der Waals surface area contributed by atoms with Crippen molar-refractivity contribution in [3.63, 3.8) is 0 Å². The first-order chi connectivity index (χ1) is 10.2. The number of piperazine rings is 1. The van der Waals surface area contributed by atoms with Gasteiger partial charge >= 0.3 is 5.97 Å². The van der Waals surface area contributed by atoms with Gasteiger partial charge in [-0.3, -0.25) is 19.4 Å². The van der Waals surface area contributed by atoms with Crippen LogP contribution in [0.1, 0.15) is 26.2 Å². The maximum atomic E-state index is 12.2. The Morgan fingerprint density at radius 3 is 2.00 bits per heavy atom. The Morgan fingerprint density at radius 2 is 1.43 bits per heavy atom. The molecule has 0 aromatic heterocycles. The van der Waals surface area contributed by atoms with Gasteiger partial charge in [0.2, 0.25) is 5.91 Å². The van der Waals surface area contributed by atoms with Crippen LogP contribution in [0.3, 0.4) is 0 Å². The van der Waals surface area contributed by atoms with E-state index in [0.29, 0.717) is 19.7 Å². The molecule has 21 heavy (non-hydrogen) atoms. The number of rotatable bonds is 5. The maximum absolute atomic E-state index is 12.2. The van der Waals surface area contributed by atoms with E-state index in [4.69, 9.17) is 4.74 Å². The van der Waals surface area contributed by atoms with E-state index in [2.05, 4.69) is 9.80 Å². The van der Waals surface area contributed by atoms with E-state index in [1.807, 2.05) is 11.8 Å². The summed E-state index contributed by atoms with van der Waals surface area (Å²) in [5.41, 5.74) is 0. The second-order valence-electron chi connectivity index (χ2n) is 5.80. The Balaban J connectivity index is 1.66. The molecule has 2 aliphatic heterocycles. The summed E-state index contributed by atoms with van der Waals surface area (Å²) < 4.78 is 4.96. The van der Waals surface area contributed by atoms with E-state index in [-0.39, 0.29) is 11.9 Å².